The quantitative estimate of drug-likeness (QED) is 0.749. The average Bonchev–Trinajstić information content (AvgIpc) is 2.95. The molecule has 0 spiro atoms. The van der Waals surface area contributed by atoms with E-state index in [1.54, 1.807) is 18.6 Å². The van der Waals surface area contributed by atoms with Crippen molar-refractivity contribution in [1.29, 1.82) is 0 Å². The van der Waals surface area contributed by atoms with Crippen LogP contribution in [-0.4, -0.2) is 52.0 Å². The maximum absolute atomic E-state index is 4.58. The maximum Gasteiger partial charge on any atom is 0.140 e. The van der Waals surface area contributed by atoms with E-state index >= 15 is 0 Å². The Labute approximate surface area is 123 Å². The van der Waals surface area contributed by atoms with Crippen molar-refractivity contribution < 1.29 is 0 Å². The number of hydrogen-bond donors (Lipinski definition) is 2. The SMILES string of the molecule is CN(C)CCNc1cc(-c2cnccn2)c2cc[nH]c2n1. The summed E-state index contributed by atoms with van der Waals surface area (Å²) in [5, 5.41) is 4.40. The first kappa shape index (κ1) is 13.5. The molecule has 0 amide bonds. The molecule has 0 aliphatic rings. The van der Waals surface area contributed by atoms with Crippen LogP contribution in [0.25, 0.3) is 22.3 Å². The highest BCUT2D eigenvalue weighted by atomic mass is 15.1. The monoisotopic (exact) mass is 282 g/mol. The lowest BCUT2D eigenvalue weighted by Crippen LogP contribution is -2.21. The van der Waals surface area contributed by atoms with Gasteiger partial charge in [-0.05, 0) is 26.2 Å². The predicted octanol–water partition coefficient (Wildman–Crippen LogP) is 1.99. The van der Waals surface area contributed by atoms with E-state index in [1.165, 1.54) is 0 Å². The lowest BCUT2D eigenvalue weighted by Gasteiger charge is -2.12. The Morgan fingerprint density at radius 3 is 2.95 bits per heavy atom. The molecule has 0 bridgehead atoms. The lowest BCUT2D eigenvalue weighted by atomic mass is 10.1. The van der Waals surface area contributed by atoms with Crippen LogP contribution in [0.3, 0.4) is 0 Å². The van der Waals surface area contributed by atoms with Crippen molar-refractivity contribution in [2.45, 2.75) is 0 Å². The topological polar surface area (TPSA) is 69.7 Å². The molecular formula is C15H18N6. The summed E-state index contributed by atoms with van der Waals surface area (Å²) < 4.78 is 0. The van der Waals surface area contributed by atoms with Gasteiger partial charge in [0.25, 0.3) is 0 Å². The Morgan fingerprint density at radius 1 is 1.29 bits per heavy atom. The van der Waals surface area contributed by atoms with Gasteiger partial charge in [0.05, 0.1) is 11.9 Å². The summed E-state index contributed by atoms with van der Waals surface area (Å²) in [7, 11) is 4.10. The molecule has 0 atom stereocenters. The fourth-order valence-corrected chi connectivity index (χ4v) is 2.19. The van der Waals surface area contributed by atoms with Gasteiger partial charge in [-0.25, -0.2) is 4.98 Å². The first-order valence-corrected chi connectivity index (χ1v) is 6.87. The number of pyridine rings is 1. The normalized spacial score (nSPS) is 11.2. The fourth-order valence-electron chi connectivity index (χ4n) is 2.19. The largest absolute Gasteiger partial charge is 0.369 e. The van der Waals surface area contributed by atoms with Crippen molar-refractivity contribution in [2.75, 3.05) is 32.5 Å². The van der Waals surface area contributed by atoms with Crippen LogP contribution in [0.15, 0.2) is 36.9 Å². The number of aromatic nitrogens is 4. The molecule has 0 radical (unpaired) electrons. The van der Waals surface area contributed by atoms with Gasteiger partial charge in [0.1, 0.15) is 11.5 Å². The third kappa shape index (κ3) is 3.00. The third-order valence-corrected chi connectivity index (χ3v) is 3.23. The van der Waals surface area contributed by atoms with Crippen LogP contribution < -0.4 is 5.32 Å². The highest BCUT2D eigenvalue weighted by molar-refractivity contribution is 5.93. The number of likely N-dealkylation sites (N-methyl/N-ethyl adjacent to an activating group) is 1. The molecule has 6 heteroatoms. The van der Waals surface area contributed by atoms with Crippen molar-refractivity contribution in [3.63, 3.8) is 0 Å². The van der Waals surface area contributed by atoms with Crippen molar-refractivity contribution in [1.82, 2.24) is 24.8 Å². The summed E-state index contributed by atoms with van der Waals surface area (Å²) in [4.78, 5) is 18.4. The van der Waals surface area contributed by atoms with Crippen molar-refractivity contribution in [2.24, 2.45) is 0 Å². The minimum absolute atomic E-state index is 0.839. The molecule has 21 heavy (non-hydrogen) atoms. The van der Waals surface area contributed by atoms with Gasteiger partial charge in [-0.2, -0.15) is 0 Å². The number of nitrogens with one attached hydrogen (secondary N) is 2. The number of H-pyrrole nitrogens is 1. The van der Waals surface area contributed by atoms with E-state index in [2.05, 4.69) is 30.2 Å². The third-order valence-electron chi connectivity index (χ3n) is 3.23. The average molecular weight is 282 g/mol. The van der Waals surface area contributed by atoms with Crippen LogP contribution in [0.2, 0.25) is 0 Å². The first-order chi connectivity index (χ1) is 10.2. The Bertz CT molecular complexity index is 719. The number of hydrogen-bond acceptors (Lipinski definition) is 5. The molecule has 0 aromatic carbocycles. The molecule has 0 fully saturated rings. The second kappa shape index (κ2) is 5.88. The van der Waals surface area contributed by atoms with Crippen LogP contribution in [0.1, 0.15) is 0 Å². The smallest absolute Gasteiger partial charge is 0.140 e. The molecule has 0 aliphatic heterocycles. The Balaban J connectivity index is 1.96. The van der Waals surface area contributed by atoms with Crippen LogP contribution >= 0.6 is 0 Å². The van der Waals surface area contributed by atoms with E-state index in [9.17, 15) is 0 Å². The van der Waals surface area contributed by atoms with Crippen LogP contribution in [-0.2, 0) is 0 Å². The molecule has 3 aromatic heterocycles. The molecular weight excluding hydrogens is 264 g/mol. The van der Waals surface area contributed by atoms with E-state index in [0.29, 0.717) is 0 Å². The summed E-state index contributed by atoms with van der Waals surface area (Å²) >= 11 is 0. The van der Waals surface area contributed by atoms with Gasteiger partial charge in [-0.3, -0.25) is 9.97 Å². The van der Waals surface area contributed by atoms with Crippen LogP contribution in [0, 0.1) is 0 Å². The van der Waals surface area contributed by atoms with Crippen LogP contribution in [0.5, 0.6) is 0 Å². The standard InChI is InChI=1S/C15H18N6/c1-21(2)8-7-18-14-9-12(13-10-16-5-6-17-13)11-3-4-19-15(11)20-14/h3-6,9-10H,7-8H2,1-2H3,(H2,18,19,20). The van der Waals surface area contributed by atoms with E-state index in [1.807, 2.05) is 32.4 Å². The molecule has 3 rings (SSSR count). The molecule has 6 nitrogen and oxygen atoms in total. The van der Waals surface area contributed by atoms with E-state index in [0.717, 1.165) is 41.2 Å². The predicted molar refractivity (Wildman–Crippen MR) is 84.2 cm³/mol. The second-order valence-corrected chi connectivity index (χ2v) is 5.12. The molecule has 0 aliphatic carbocycles. The minimum atomic E-state index is 0.839. The van der Waals surface area contributed by atoms with Gasteiger partial charge in [0.15, 0.2) is 0 Å². The number of fused-ring (bicyclic) bond motifs is 1. The zero-order valence-electron chi connectivity index (χ0n) is 12.2. The van der Waals surface area contributed by atoms with E-state index in [-0.39, 0.29) is 0 Å². The molecule has 2 N–H and O–H groups in total. The molecule has 108 valence electrons. The zero-order chi connectivity index (χ0) is 14.7. The van der Waals surface area contributed by atoms with E-state index < -0.39 is 0 Å². The summed E-state index contributed by atoms with van der Waals surface area (Å²) in [6, 6.07) is 4.03. The highest BCUT2D eigenvalue weighted by Crippen LogP contribution is 2.27. The van der Waals surface area contributed by atoms with Gasteiger partial charge in [0, 0.05) is 42.6 Å². The zero-order valence-corrected chi connectivity index (χ0v) is 12.2. The highest BCUT2D eigenvalue weighted by Gasteiger charge is 2.09. The maximum atomic E-state index is 4.58. The molecule has 0 unspecified atom stereocenters. The number of nitrogens with zero attached hydrogens (tertiary/aromatic N) is 4. The van der Waals surface area contributed by atoms with Gasteiger partial charge in [0.2, 0.25) is 0 Å². The lowest BCUT2D eigenvalue weighted by molar-refractivity contribution is 0.425. The Morgan fingerprint density at radius 2 is 2.19 bits per heavy atom. The fraction of sp³-hybridized carbons (Fsp3) is 0.267. The van der Waals surface area contributed by atoms with Crippen molar-refractivity contribution in [3.8, 4) is 11.3 Å². The van der Waals surface area contributed by atoms with Gasteiger partial charge < -0.3 is 15.2 Å². The summed E-state index contributed by atoms with van der Waals surface area (Å²) in [6.45, 7) is 1.79. The summed E-state index contributed by atoms with van der Waals surface area (Å²) in [6.07, 6.45) is 7.04. The van der Waals surface area contributed by atoms with Crippen molar-refractivity contribution in [3.05, 3.63) is 36.9 Å². The number of rotatable bonds is 5. The second-order valence-electron chi connectivity index (χ2n) is 5.12. The first-order valence-electron chi connectivity index (χ1n) is 6.87. The van der Waals surface area contributed by atoms with Crippen molar-refractivity contribution >= 4 is 16.9 Å². The summed E-state index contributed by atoms with van der Waals surface area (Å²) in [5.41, 5.74) is 2.73. The van der Waals surface area contributed by atoms with E-state index in [4.69, 9.17) is 0 Å². The van der Waals surface area contributed by atoms with Gasteiger partial charge in [-0.1, -0.05) is 0 Å². The Kier molecular flexibility index (Phi) is 3.79. The molecule has 3 heterocycles. The van der Waals surface area contributed by atoms with Gasteiger partial charge >= 0.3 is 0 Å². The molecule has 3 aromatic rings. The number of aromatic amines is 1. The molecule has 0 saturated carbocycles. The molecule has 0 saturated heterocycles. The summed E-state index contributed by atoms with van der Waals surface area (Å²) in [5.74, 6) is 0.840. The Hall–Kier alpha value is -2.47. The number of anilines is 1. The van der Waals surface area contributed by atoms with Gasteiger partial charge in [-0.15, -0.1) is 0 Å². The minimum Gasteiger partial charge on any atom is -0.369 e. The van der Waals surface area contributed by atoms with Crippen LogP contribution in [0.4, 0.5) is 5.82 Å².